The average Bonchev–Trinajstić information content (AvgIpc) is 2.38. The fraction of sp³-hybridized carbons (Fsp3) is 0.167. The van der Waals surface area contributed by atoms with Crippen molar-refractivity contribution in [1.29, 1.82) is 0 Å². The monoisotopic (exact) mass is 253 g/mol. The van der Waals surface area contributed by atoms with E-state index in [4.69, 9.17) is 5.73 Å². The van der Waals surface area contributed by atoms with Gasteiger partial charge >= 0.3 is 6.18 Å². The molecule has 2 aromatic rings. The maximum atomic E-state index is 12.8. The van der Waals surface area contributed by atoms with E-state index in [0.717, 1.165) is 6.07 Å². The van der Waals surface area contributed by atoms with Crippen LogP contribution in [0.25, 0.3) is 0 Å². The lowest BCUT2D eigenvalue weighted by Crippen LogP contribution is -2.20. The van der Waals surface area contributed by atoms with Crippen molar-refractivity contribution >= 4 is 0 Å². The molecule has 0 spiro atoms. The molecular formula is C12H10F3N3. The summed E-state index contributed by atoms with van der Waals surface area (Å²) < 4.78 is 38.5. The molecular weight excluding hydrogens is 243 g/mol. The lowest BCUT2D eigenvalue weighted by atomic mass is 10.00. The highest BCUT2D eigenvalue weighted by Crippen LogP contribution is 2.34. The van der Waals surface area contributed by atoms with E-state index in [1.165, 1.54) is 30.6 Å². The van der Waals surface area contributed by atoms with E-state index in [0.29, 0.717) is 0 Å². The standard InChI is InChI=1S/C12H10F3N3/c13-12(14,15)9-5-2-1-4-8(9)10(16)11-17-6-3-7-18-11/h1-7,10H,16H2. The van der Waals surface area contributed by atoms with Gasteiger partial charge in [0.2, 0.25) is 0 Å². The van der Waals surface area contributed by atoms with E-state index in [9.17, 15) is 13.2 Å². The van der Waals surface area contributed by atoms with Gasteiger partial charge in [0.25, 0.3) is 0 Å². The summed E-state index contributed by atoms with van der Waals surface area (Å²) in [6.07, 6.45) is -1.56. The fourth-order valence-corrected chi connectivity index (χ4v) is 1.64. The minimum atomic E-state index is -4.44. The molecule has 0 aliphatic carbocycles. The zero-order valence-electron chi connectivity index (χ0n) is 9.22. The van der Waals surface area contributed by atoms with Gasteiger partial charge in [0, 0.05) is 12.4 Å². The Morgan fingerprint density at radius 3 is 2.22 bits per heavy atom. The summed E-state index contributed by atoms with van der Waals surface area (Å²) in [5, 5.41) is 0. The molecule has 0 saturated carbocycles. The Balaban J connectivity index is 2.46. The first kappa shape index (κ1) is 12.5. The molecule has 1 unspecified atom stereocenters. The van der Waals surface area contributed by atoms with Crippen molar-refractivity contribution in [2.45, 2.75) is 12.2 Å². The van der Waals surface area contributed by atoms with Gasteiger partial charge in [-0.2, -0.15) is 13.2 Å². The van der Waals surface area contributed by atoms with Gasteiger partial charge in [-0.25, -0.2) is 9.97 Å². The van der Waals surface area contributed by atoms with Crippen molar-refractivity contribution in [3.05, 3.63) is 59.7 Å². The molecule has 0 amide bonds. The number of alkyl halides is 3. The van der Waals surface area contributed by atoms with Gasteiger partial charge in [-0.3, -0.25) is 0 Å². The van der Waals surface area contributed by atoms with Crippen LogP contribution in [0.15, 0.2) is 42.7 Å². The number of aromatic nitrogens is 2. The van der Waals surface area contributed by atoms with Gasteiger partial charge in [0.15, 0.2) is 0 Å². The maximum absolute atomic E-state index is 12.8. The van der Waals surface area contributed by atoms with Crippen molar-refractivity contribution in [2.24, 2.45) is 5.73 Å². The van der Waals surface area contributed by atoms with E-state index in [1.54, 1.807) is 6.07 Å². The van der Waals surface area contributed by atoms with E-state index in [1.807, 2.05) is 0 Å². The van der Waals surface area contributed by atoms with E-state index in [2.05, 4.69) is 9.97 Å². The van der Waals surface area contributed by atoms with Crippen molar-refractivity contribution < 1.29 is 13.2 Å². The van der Waals surface area contributed by atoms with Crippen molar-refractivity contribution in [3.63, 3.8) is 0 Å². The van der Waals surface area contributed by atoms with Gasteiger partial charge in [-0.05, 0) is 17.7 Å². The number of nitrogens with two attached hydrogens (primary N) is 1. The van der Waals surface area contributed by atoms with Crippen molar-refractivity contribution in [1.82, 2.24) is 9.97 Å². The summed E-state index contributed by atoms with van der Waals surface area (Å²) in [4.78, 5) is 7.75. The third-order valence-corrected chi connectivity index (χ3v) is 2.47. The van der Waals surface area contributed by atoms with Gasteiger partial charge in [-0.15, -0.1) is 0 Å². The molecule has 0 aliphatic heterocycles. The summed E-state index contributed by atoms with van der Waals surface area (Å²) in [5.41, 5.74) is 5.00. The van der Waals surface area contributed by atoms with Gasteiger partial charge in [0.05, 0.1) is 11.6 Å². The minimum Gasteiger partial charge on any atom is -0.318 e. The Bertz CT molecular complexity index is 526. The Morgan fingerprint density at radius 2 is 1.61 bits per heavy atom. The molecule has 1 atom stereocenters. The Morgan fingerprint density at radius 1 is 1.00 bits per heavy atom. The predicted octanol–water partition coefficient (Wildman–Crippen LogP) is 2.54. The third-order valence-electron chi connectivity index (χ3n) is 2.47. The summed E-state index contributed by atoms with van der Waals surface area (Å²) in [5.74, 6) is 0.161. The fourth-order valence-electron chi connectivity index (χ4n) is 1.64. The second kappa shape index (κ2) is 4.73. The maximum Gasteiger partial charge on any atom is 0.416 e. The third kappa shape index (κ3) is 2.48. The summed E-state index contributed by atoms with van der Waals surface area (Å²) in [6, 6.07) is 5.75. The van der Waals surface area contributed by atoms with Crippen LogP contribution in [0.4, 0.5) is 13.2 Å². The number of hydrogen-bond donors (Lipinski definition) is 1. The SMILES string of the molecule is NC(c1ncccn1)c1ccccc1C(F)(F)F. The minimum absolute atomic E-state index is 0.0313. The molecule has 1 aromatic heterocycles. The van der Waals surface area contributed by atoms with Crippen LogP contribution in [0.2, 0.25) is 0 Å². The average molecular weight is 253 g/mol. The second-order valence-corrected chi connectivity index (χ2v) is 3.67. The van der Waals surface area contributed by atoms with Crippen LogP contribution in [-0.4, -0.2) is 9.97 Å². The Kier molecular flexibility index (Phi) is 3.29. The van der Waals surface area contributed by atoms with E-state index in [-0.39, 0.29) is 11.4 Å². The second-order valence-electron chi connectivity index (χ2n) is 3.67. The number of benzene rings is 1. The summed E-state index contributed by atoms with van der Waals surface area (Å²) in [7, 11) is 0. The molecule has 1 heterocycles. The highest BCUT2D eigenvalue weighted by atomic mass is 19.4. The van der Waals surface area contributed by atoms with Gasteiger partial charge in [0.1, 0.15) is 5.82 Å². The summed E-state index contributed by atoms with van der Waals surface area (Å²) >= 11 is 0. The van der Waals surface area contributed by atoms with Gasteiger partial charge in [-0.1, -0.05) is 18.2 Å². The zero-order valence-corrected chi connectivity index (χ0v) is 9.22. The molecule has 94 valence electrons. The van der Waals surface area contributed by atoms with E-state index >= 15 is 0 Å². The van der Waals surface area contributed by atoms with Crippen LogP contribution < -0.4 is 5.73 Å². The topological polar surface area (TPSA) is 51.8 Å². The van der Waals surface area contributed by atoms with E-state index < -0.39 is 17.8 Å². The molecule has 2 N–H and O–H groups in total. The van der Waals surface area contributed by atoms with Crippen molar-refractivity contribution in [3.8, 4) is 0 Å². The number of nitrogens with zero attached hydrogens (tertiary/aromatic N) is 2. The van der Waals surface area contributed by atoms with Crippen LogP contribution in [0, 0.1) is 0 Å². The number of rotatable bonds is 2. The molecule has 18 heavy (non-hydrogen) atoms. The quantitative estimate of drug-likeness (QED) is 0.894. The molecule has 3 nitrogen and oxygen atoms in total. The molecule has 0 fully saturated rings. The van der Waals surface area contributed by atoms with Crippen LogP contribution in [0.1, 0.15) is 23.0 Å². The van der Waals surface area contributed by atoms with Crippen LogP contribution in [0.3, 0.4) is 0 Å². The zero-order chi connectivity index (χ0) is 13.2. The molecule has 0 saturated heterocycles. The van der Waals surface area contributed by atoms with Crippen molar-refractivity contribution in [2.75, 3.05) is 0 Å². The molecule has 0 radical (unpaired) electrons. The molecule has 2 rings (SSSR count). The number of halogens is 3. The van der Waals surface area contributed by atoms with Gasteiger partial charge < -0.3 is 5.73 Å². The highest BCUT2D eigenvalue weighted by Gasteiger charge is 2.34. The lowest BCUT2D eigenvalue weighted by Gasteiger charge is -2.16. The van der Waals surface area contributed by atoms with Crippen LogP contribution >= 0.6 is 0 Å². The molecule has 0 bridgehead atoms. The smallest absolute Gasteiger partial charge is 0.318 e. The largest absolute Gasteiger partial charge is 0.416 e. The summed E-state index contributed by atoms with van der Waals surface area (Å²) in [6.45, 7) is 0. The predicted molar refractivity (Wildman–Crippen MR) is 59.5 cm³/mol. The normalized spacial score (nSPS) is 13.3. The first-order chi connectivity index (χ1) is 8.50. The lowest BCUT2D eigenvalue weighted by molar-refractivity contribution is -0.138. The highest BCUT2D eigenvalue weighted by molar-refractivity contribution is 5.35. The van der Waals surface area contributed by atoms with Crippen LogP contribution in [0.5, 0.6) is 0 Å². The molecule has 1 aromatic carbocycles. The first-order valence-electron chi connectivity index (χ1n) is 5.19. The first-order valence-corrected chi connectivity index (χ1v) is 5.19. The molecule has 0 aliphatic rings. The Hall–Kier alpha value is -1.95. The molecule has 6 heteroatoms. The Labute approximate surface area is 101 Å². The number of hydrogen-bond acceptors (Lipinski definition) is 3. The van der Waals surface area contributed by atoms with Crippen LogP contribution in [-0.2, 0) is 6.18 Å².